The first-order chi connectivity index (χ1) is 11.2. The van der Waals surface area contributed by atoms with E-state index in [1.807, 2.05) is 0 Å². The van der Waals surface area contributed by atoms with Crippen molar-refractivity contribution in [3.63, 3.8) is 0 Å². The van der Waals surface area contributed by atoms with Gasteiger partial charge in [0.15, 0.2) is 0 Å². The lowest BCUT2D eigenvalue weighted by molar-refractivity contribution is -0.00000535. The van der Waals surface area contributed by atoms with Crippen LogP contribution in [0.2, 0.25) is 0 Å². The molecule has 0 spiro atoms. The second-order valence-corrected chi connectivity index (χ2v) is 12.2. The molecule has 0 aromatic heterocycles. The van der Waals surface area contributed by atoms with Crippen LogP contribution < -0.4 is 24.0 Å². The van der Waals surface area contributed by atoms with Crippen molar-refractivity contribution in [2.24, 2.45) is 0 Å². The first-order valence-corrected chi connectivity index (χ1v) is 13.6. The molecule has 0 heterocycles. The summed E-state index contributed by atoms with van der Waals surface area (Å²) in [4.78, 5) is 0. The van der Waals surface area contributed by atoms with Gasteiger partial charge < -0.3 is 24.0 Å². The summed E-state index contributed by atoms with van der Waals surface area (Å²) in [5.74, 6) is 0. The molecular formula is C22H48IP. The number of unbranched alkanes of at least 4 members (excludes halogenated alkanes) is 10. The lowest BCUT2D eigenvalue weighted by Gasteiger charge is -2.28. The molecule has 0 amide bonds. The third kappa shape index (κ3) is 15.4. The highest BCUT2D eigenvalue weighted by atomic mass is 127. The molecule has 0 radical (unpaired) electrons. The highest BCUT2D eigenvalue weighted by molar-refractivity contribution is 7.75. The average Bonchev–Trinajstić information content (AvgIpc) is 2.57. The van der Waals surface area contributed by atoms with Crippen LogP contribution in [0.3, 0.4) is 0 Å². The minimum Gasteiger partial charge on any atom is -1.00 e. The summed E-state index contributed by atoms with van der Waals surface area (Å²) < 4.78 is 0. The SMILES string of the molecule is CCCCCC[P+](CCCC)(CCCCCC)CCCCCC.[I-]. The fourth-order valence-electron chi connectivity index (χ4n) is 3.79. The van der Waals surface area contributed by atoms with Gasteiger partial charge >= 0.3 is 0 Å². The maximum Gasteiger partial charge on any atom is 0.0594 e. The van der Waals surface area contributed by atoms with Gasteiger partial charge in [-0.1, -0.05) is 72.6 Å². The van der Waals surface area contributed by atoms with Crippen LogP contribution in [0.1, 0.15) is 118 Å². The summed E-state index contributed by atoms with van der Waals surface area (Å²) >= 11 is 0. The van der Waals surface area contributed by atoms with Gasteiger partial charge in [-0.15, -0.1) is 0 Å². The van der Waals surface area contributed by atoms with E-state index in [1.165, 1.54) is 89.9 Å². The van der Waals surface area contributed by atoms with E-state index >= 15 is 0 Å². The van der Waals surface area contributed by atoms with Crippen molar-refractivity contribution < 1.29 is 24.0 Å². The molecule has 0 bridgehead atoms. The van der Waals surface area contributed by atoms with Gasteiger partial charge in [-0.2, -0.15) is 0 Å². The standard InChI is InChI=1S/C22H48P.HI/c1-5-9-13-16-20-23(19-12-8-4,21-17-14-10-6-2)22-18-15-11-7-3;/h5-22H2,1-4H3;1H/q+1;/p-1. The van der Waals surface area contributed by atoms with Crippen LogP contribution in [-0.4, -0.2) is 24.6 Å². The predicted octanol–water partition coefficient (Wildman–Crippen LogP) is 5.55. The molecular weight excluding hydrogens is 422 g/mol. The Morgan fingerprint density at radius 3 is 0.958 bits per heavy atom. The van der Waals surface area contributed by atoms with Gasteiger partial charge in [0.25, 0.3) is 0 Å². The molecule has 0 saturated carbocycles. The normalized spacial score (nSPS) is 11.5. The molecule has 0 rings (SSSR count). The maximum atomic E-state index is 2.39. The van der Waals surface area contributed by atoms with Crippen LogP contribution in [0.5, 0.6) is 0 Å². The highest BCUT2D eigenvalue weighted by Crippen LogP contribution is 2.61. The Morgan fingerprint density at radius 1 is 0.375 bits per heavy atom. The largest absolute Gasteiger partial charge is 1.00 e. The van der Waals surface area contributed by atoms with Crippen LogP contribution in [0.4, 0.5) is 0 Å². The number of rotatable bonds is 18. The molecule has 0 aliphatic carbocycles. The Hall–Kier alpha value is 1.16. The van der Waals surface area contributed by atoms with Gasteiger partial charge in [0.2, 0.25) is 0 Å². The average molecular weight is 471 g/mol. The minimum absolute atomic E-state index is 0. The van der Waals surface area contributed by atoms with E-state index in [0.29, 0.717) is 0 Å². The quantitative estimate of drug-likeness (QED) is 0.140. The lowest BCUT2D eigenvalue weighted by atomic mass is 10.2. The maximum absolute atomic E-state index is 2.39. The third-order valence-corrected chi connectivity index (χ3v) is 10.5. The molecule has 0 atom stereocenters. The van der Waals surface area contributed by atoms with Gasteiger partial charge in [0, 0.05) is 7.26 Å². The zero-order chi connectivity index (χ0) is 17.2. The molecule has 0 aromatic carbocycles. The minimum atomic E-state index is -0.633. The van der Waals surface area contributed by atoms with Crippen molar-refractivity contribution >= 4 is 7.26 Å². The molecule has 0 aliphatic heterocycles. The highest BCUT2D eigenvalue weighted by Gasteiger charge is 2.34. The molecule has 2 heteroatoms. The second-order valence-electron chi connectivity index (χ2n) is 7.77. The Bertz CT molecular complexity index is 199. The smallest absolute Gasteiger partial charge is 0.0594 e. The molecule has 0 nitrogen and oxygen atoms in total. The van der Waals surface area contributed by atoms with E-state index in [9.17, 15) is 0 Å². The Labute approximate surface area is 173 Å². The Morgan fingerprint density at radius 2 is 0.667 bits per heavy atom. The molecule has 0 saturated heterocycles. The summed E-state index contributed by atoms with van der Waals surface area (Å²) in [7, 11) is -0.633. The van der Waals surface area contributed by atoms with Crippen LogP contribution >= 0.6 is 7.26 Å². The first-order valence-electron chi connectivity index (χ1n) is 11.1. The number of hydrogen-bond acceptors (Lipinski definition) is 0. The lowest BCUT2D eigenvalue weighted by Crippen LogP contribution is -3.00. The zero-order valence-corrected chi connectivity index (χ0v) is 20.6. The molecule has 24 heavy (non-hydrogen) atoms. The molecule has 0 aliphatic rings. The van der Waals surface area contributed by atoms with Crippen molar-refractivity contribution in [2.75, 3.05) is 24.6 Å². The monoisotopic (exact) mass is 470 g/mol. The van der Waals surface area contributed by atoms with Crippen molar-refractivity contribution in [3.05, 3.63) is 0 Å². The summed E-state index contributed by atoms with van der Waals surface area (Å²) in [6.45, 7) is 9.42. The van der Waals surface area contributed by atoms with E-state index < -0.39 is 7.26 Å². The van der Waals surface area contributed by atoms with Crippen LogP contribution in [0, 0.1) is 0 Å². The van der Waals surface area contributed by atoms with E-state index in [2.05, 4.69) is 27.7 Å². The zero-order valence-electron chi connectivity index (χ0n) is 17.6. The van der Waals surface area contributed by atoms with Crippen molar-refractivity contribution in [2.45, 2.75) is 118 Å². The van der Waals surface area contributed by atoms with Gasteiger partial charge in [0.1, 0.15) is 0 Å². The molecule has 0 aromatic rings. The summed E-state index contributed by atoms with van der Waals surface area (Å²) in [6.07, 6.45) is 27.0. The summed E-state index contributed by atoms with van der Waals surface area (Å²) in [5, 5.41) is 0. The molecule has 148 valence electrons. The topological polar surface area (TPSA) is 0 Å². The fourth-order valence-corrected chi connectivity index (χ4v) is 8.80. The van der Waals surface area contributed by atoms with Gasteiger partial charge in [-0.25, -0.2) is 0 Å². The van der Waals surface area contributed by atoms with E-state index in [0.717, 1.165) is 0 Å². The summed E-state index contributed by atoms with van der Waals surface area (Å²) in [5.41, 5.74) is 0. The third-order valence-electron chi connectivity index (χ3n) is 5.44. The Balaban J connectivity index is 0. The van der Waals surface area contributed by atoms with Crippen LogP contribution in [0.25, 0.3) is 0 Å². The molecule has 0 unspecified atom stereocenters. The number of halogens is 1. The van der Waals surface area contributed by atoms with Gasteiger partial charge in [-0.3, -0.25) is 0 Å². The van der Waals surface area contributed by atoms with Crippen LogP contribution in [0.15, 0.2) is 0 Å². The van der Waals surface area contributed by atoms with Crippen molar-refractivity contribution in [1.82, 2.24) is 0 Å². The Kier molecular flexibility index (Phi) is 23.4. The van der Waals surface area contributed by atoms with Gasteiger partial charge in [0.05, 0.1) is 24.6 Å². The summed E-state index contributed by atoms with van der Waals surface area (Å²) in [6, 6.07) is 0. The predicted molar refractivity (Wildman–Crippen MR) is 114 cm³/mol. The molecule has 0 N–H and O–H groups in total. The van der Waals surface area contributed by atoms with E-state index in [4.69, 9.17) is 0 Å². The van der Waals surface area contributed by atoms with Gasteiger partial charge in [-0.05, 0) is 44.9 Å². The second kappa shape index (κ2) is 20.5. The van der Waals surface area contributed by atoms with Crippen LogP contribution in [-0.2, 0) is 0 Å². The first kappa shape index (κ1) is 27.4. The number of hydrogen-bond donors (Lipinski definition) is 0. The van der Waals surface area contributed by atoms with E-state index in [-0.39, 0.29) is 24.0 Å². The van der Waals surface area contributed by atoms with E-state index in [1.54, 1.807) is 24.6 Å². The molecule has 0 fully saturated rings. The van der Waals surface area contributed by atoms with Crippen molar-refractivity contribution in [3.8, 4) is 0 Å². The van der Waals surface area contributed by atoms with Crippen molar-refractivity contribution in [1.29, 1.82) is 0 Å². The fraction of sp³-hybridized carbons (Fsp3) is 1.00.